The fourth-order valence-electron chi connectivity index (χ4n) is 4.01. The van der Waals surface area contributed by atoms with Crippen molar-refractivity contribution in [1.82, 2.24) is 19.3 Å². The third-order valence-electron chi connectivity index (χ3n) is 5.35. The van der Waals surface area contributed by atoms with Crippen molar-refractivity contribution in [2.45, 2.75) is 45.6 Å². The quantitative estimate of drug-likeness (QED) is 0.698. The van der Waals surface area contributed by atoms with E-state index in [9.17, 15) is 9.59 Å². The summed E-state index contributed by atoms with van der Waals surface area (Å²) in [6.45, 7) is 4.21. The fourth-order valence-corrected chi connectivity index (χ4v) is 4.01. The average Bonchev–Trinajstić information content (AvgIpc) is 3.17. The first-order chi connectivity index (χ1) is 13.0. The first-order valence-corrected chi connectivity index (χ1v) is 9.43. The molecule has 0 saturated heterocycles. The van der Waals surface area contributed by atoms with E-state index >= 15 is 0 Å². The largest absolute Gasteiger partial charge is 0.352 e. The van der Waals surface area contributed by atoms with Gasteiger partial charge in [-0.05, 0) is 44.4 Å². The lowest BCUT2D eigenvalue weighted by Gasteiger charge is -2.19. The van der Waals surface area contributed by atoms with Gasteiger partial charge in [-0.3, -0.25) is 19.4 Å². The summed E-state index contributed by atoms with van der Waals surface area (Å²) in [6, 6.07) is 5.34. The van der Waals surface area contributed by atoms with E-state index < -0.39 is 0 Å². The number of aryl methyl sites for hydroxylation is 1. The van der Waals surface area contributed by atoms with Crippen LogP contribution in [0, 0.1) is 12.3 Å². The summed E-state index contributed by atoms with van der Waals surface area (Å²) in [5.74, 6) is -0.329. The molecule has 0 spiro atoms. The molecule has 27 heavy (non-hydrogen) atoms. The van der Waals surface area contributed by atoms with Crippen molar-refractivity contribution in [2.24, 2.45) is 0 Å². The maximum absolute atomic E-state index is 13.2. The molecule has 0 unspecified atom stereocenters. The molecule has 3 aromatic rings. The van der Waals surface area contributed by atoms with Crippen LogP contribution in [-0.2, 0) is 0 Å². The number of nitrogens with zero attached hydrogens (tertiary/aromatic N) is 3. The Labute approximate surface area is 156 Å². The summed E-state index contributed by atoms with van der Waals surface area (Å²) in [5, 5.41) is 11.8. The molecule has 1 saturated carbocycles. The van der Waals surface area contributed by atoms with E-state index in [-0.39, 0.29) is 28.6 Å². The fraction of sp³-hybridized carbons (Fsp3) is 0.400. The number of rotatable bonds is 3. The lowest BCUT2D eigenvalue weighted by molar-refractivity contribution is 0.0953. The van der Waals surface area contributed by atoms with Crippen LogP contribution in [0.15, 0.2) is 29.2 Å². The molecule has 4 rings (SSSR count). The number of amides is 1. The summed E-state index contributed by atoms with van der Waals surface area (Å²) in [5.41, 5.74) is 2.13. The van der Waals surface area contributed by atoms with Crippen molar-refractivity contribution in [3.63, 3.8) is 0 Å². The zero-order chi connectivity index (χ0) is 19.1. The summed E-state index contributed by atoms with van der Waals surface area (Å²) >= 11 is 0. The van der Waals surface area contributed by atoms with E-state index in [4.69, 9.17) is 10.4 Å². The van der Waals surface area contributed by atoms with Crippen LogP contribution in [0.25, 0.3) is 16.7 Å². The summed E-state index contributed by atoms with van der Waals surface area (Å²) in [4.78, 5) is 30.5. The zero-order valence-corrected chi connectivity index (χ0v) is 15.6. The van der Waals surface area contributed by atoms with Gasteiger partial charge in [0, 0.05) is 18.8 Å². The second-order valence-electron chi connectivity index (χ2n) is 7.11. The van der Waals surface area contributed by atoms with E-state index in [1.165, 1.54) is 10.5 Å². The van der Waals surface area contributed by atoms with Gasteiger partial charge < -0.3 is 9.88 Å². The number of pyridine rings is 2. The molecule has 1 amide bonds. The normalized spacial score (nSPS) is 14.9. The SMILES string of the molecule is CCNC(=O)c1cc2c(=O)n3cccc(C)c3nc2n(C2CCCC2)c1=N. The molecule has 7 heteroatoms. The Morgan fingerprint density at radius 1 is 1.33 bits per heavy atom. The molecule has 1 aliphatic carbocycles. The van der Waals surface area contributed by atoms with Gasteiger partial charge >= 0.3 is 0 Å². The minimum absolute atomic E-state index is 0.0905. The first kappa shape index (κ1) is 17.5. The molecule has 0 radical (unpaired) electrons. The molecule has 1 aliphatic rings. The molecule has 140 valence electrons. The highest BCUT2D eigenvalue weighted by Gasteiger charge is 2.24. The second-order valence-corrected chi connectivity index (χ2v) is 7.11. The smallest absolute Gasteiger partial charge is 0.267 e. The highest BCUT2D eigenvalue weighted by atomic mass is 16.1. The van der Waals surface area contributed by atoms with Gasteiger partial charge in [-0.2, -0.15) is 0 Å². The molecule has 0 bridgehead atoms. The first-order valence-electron chi connectivity index (χ1n) is 9.43. The molecule has 2 N–H and O–H groups in total. The van der Waals surface area contributed by atoms with Crippen molar-refractivity contribution in [2.75, 3.05) is 6.54 Å². The molecule has 7 nitrogen and oxygen atoms in total. The van der Waals surface area contributed by atoms with Crippen LogP contribution in [0.5, 0.6) is 0 Å². The van der Waals surface area contributed by atoms with E-state index in [0.717, 1.165) is 31.2 Å². The highest BCUT2D eigenvalue weighted by Crippen LogP contribution is 2.30. The van der Waals surface area contributed by atoms with E-state index in [2.05, 4.69) is 5.32 Å². The highest BCUT2D eigenvalue weighted by molar-refractivity contribution is 5.96. The third-order valence-corrected chi connectivity index (χ3v) is 5.35. The Hall–Kier alpha value is -2.96. The van der Waals surface area contributed by atoms with Gasteiger partial charge in [-0.15, -0.1) is 0 Å². The number of fused-ring (bicyclic) bond motifs is 2. The van der Waals surface area contributed by atoms with Crippen LogP contribution in [0.2, 0.25) is 0 Å². The topological polar surface area (TPSA) is 92.2 Å². The van der Waals surface area contributed by atoms with Crippen LogP contribution in [0.3, 0.4) is 0 Å². The lowest BCUT2D eigenvalue weighted by Crippen LogP contribution is -2.36. The maximum Gasteiger partial charge on any atom is 0.267 e. The van der Waals surface area contributed by atoms with Crippen molar-refractivity contribution in [3.05, 3.63) is 51.4 Å². The number of hydrogen-bond acceptors (Lipinski definition) is 4. The minimum Gasteiger partial charge on any atom is -0.352 e. The van der Waals surface area contributed by atoms with E-state index in [1.807, 2.05) is 26.0 Å². The van der Waals surface area contributed by atoms with Crippen molar-refractivity contribution in [3.8, 4) is 0 Å². The van der Waals surface area contributed by atoms with Gasteiger partial charge in [0.25, 0.3) is 11.5 Å². The Morgan fingerprint density at radius 2 is 2.07 bits per heavy atom. The van der Waals surface area contributed by atoms with E-state index in [1.54, 1.807) is 10.8 Å². The van der Waals surface area contributed by atoms with Gasteiger partial charge in [0.05, 0.1) is 10.9 Å². The summed E-state index contributed by atoms with van der Waals surface area (Å²) in [6.07, 6.45) is 5.71. The number of aromatic nitrogens is 3. The van der Waals surface area contributed by atoms with Crippen LogP contribution >= 0.6 is 0 Å². The van der Waals surface area contributed by atoms with Crippen LogP contribution in [0.4, 0.5) is 0 Å². The molecule has 0 atom stereocenters. The van der Waals surface area contributed by atoms with Gasteiger partial charge in [0.1, 0.15) is 16.8 Å². The van der Waals surface area contributed by atoms with E-state index in [0.29, 0.717) is 23.2 Å². The standard InChI is InChI=1S/C20H23N5O2/c1-3-22-19(26)14-11-15-18(25(16(14)21)13-8-4-5-9-13)23-17-12(2)7-6-10-24(17)20(15)27/h6-7,10-11,13,21H,3-5,8-9H2,1-2H3,(H,22,26). The van der Waals surface area contributed by atoms with Crippen LogP contribution in [0.1, 0.15) is 54.6 Å². The van der Waals surface area contributed by atoms with Crippen LogP contribution in [-0.4, -0.2) is 26.4 Å². The van der Waals surface area contributed by atoms with Crippen molar-refractivity contribution < 1.29 is 4.79 Å². The molecular formula is C20H23N5O2. The van der Waals surface area contributed by atoms with Crippen LogP contribution < -0.4 is 16.4 Å². The zero-order valence-electron chi connectivity index (χ0n) is 15.6. The Balaban J connectivity index is 2.15. The minimum atomic E-state index is -0.329. The Bertz CT molecular complexity index is 1170. The number of nitrogens with one attached hydrogen (secondary N) is 2. The number of carbonyl (C=O) groups excluding carboxylic acids is 1. The Kier molecular flexibility index (Phi) is 4.30. The second kappa shape index (κ2) is 6.64. The number of carbonyl (C=O) groups is 1. The van der Waals surface area contributed by atoms with Gasteiger partial charge in [0.15, 0.2) is 0 Å². The predicted octanol–water partition coefficient (Wildman–Crippen LogP) is 2.30. The molecular weight excluding hydrogens is 342 g/mol. The van der Waals surface area contributed by atoms with Crippen molar-refractivity contribution >= 4 is 22.6 Å². The average molecular weight is 365 g/mol. The predicted molar refractivity (Wildman–Crippen MR) is 103 cm³/mol. The Morgan fingerprint density at radius 3 is 2.78 bits per heavy atom. The molecule has 1 fully saturated rings. The maximum atomic E-state index is 13.2. The molecule has 3 heterocycles. The third kappa shape index (κ3) is 2.74. The lowest BCUT2D eigenvalue weighted by atomic mass is 10.1. The molecule has 0 aliphatic heterocycles. The van der Waals surface area contributed by atoms with Crippen molar-refractivity contribution in [1.29, 1.82) is 5.41 Å². The molecule has 3 aromatic heterocycles. The monoisotopic (exact) mass is 365 g/mol. The molecule has 0 aromatic carbocycles. The number of hydrogen-bond donors (Lipinski definition) is 2. The summed E-state index contributed by atoms with van der Waals surface area (Å²) in [7, 11) is 0. The van der Waals surface area contributed by atoms with Gasteiger partial charge in [0.2, 0.25) is 0 Å². The van der Waals surface area contributed by atoms with Gasteiger partial charge in [-0.1, -0.05) is 18.9 Å². The van der Waals surface area contributed by atoms with Gasteiger partial charge in [-0.25, -0.2) is 4.98 Å². The summed E-state index contributed by atoms with van der Waals surface area (Å²) < 4.78 is 3.32.